The summed E-state index contributed by atoms with van der Waals surface area (Å²) in [5.41, 5.74) is 1.37. The molecule has 2 aliphatic rings. The molecule has 1 saturated carbocycles. The van der Waals surface area contributed by atoms with Crippen molar-refractivity contribution in [2.75, 3.05) is 13.1 Å². The molecule has 150 valence electrons. The first-order valence-electron chi connectivity index (χ1n) is 9.90. The standard InChI is InChI=1S/C21H21FN4O3/c22-14-4-6-18-16(7-14)20(13-2-3-13)17(21(28)25-18)8-19(27)24-10-15-5-1-12(9-23)11-26(15)29/h4,6-7,12-13,15H,1-3,5,8,10-11H2,(H-,24,25,27,28)/p+1. The Morgan fingerprint density at radius 3 is 2.79 bits per heavy atom. The number of carbonyl (C=O) groups is 1. The van der Waals surface area contributed by atoms with Gasteiger partial charge in [0.25, 0.3) is 5.56 Å². The normalized spacial score (nSPS) is 21.7. The van der Waals surface area contributed by atoms with E-state index in [-0.39, 0.29) is 54.7 Å². The van der Waals surface area contributed by atoms with Gasteiger partial charge in [0, 0.05) is 32.6 Å². The summed E-state index contributed by atoms with van der Waals surface area (Å²) in [5.74, 6) is -0.825. The maximum Gasteiger partial charge on any atom is 0.252 e. The van der Waals surface area contributed by atoms with Gasteiger partial charge in [-0.1, -0.05) is 0 Å². The zero-order chi connectivity index (χ0) is 20.5. The zero-order valence-electron chi connectivity index (χ0n) is 15.9. The van der Waals surface area contributed by atoms with E-state index in [1.54, 1.807) is 6.07 Å². The highest BCUT2D eigenvalue weighted by molar-refractivity contribution is 5.87. The smallest absolute Gasteiger partial charge is 0.252 e. The molecule has 1 saturated heterocycles. The zero-order valence-corrected chi connectivity index (χ0v) is 15.9. The quantitative estimate of drug-likeness (QED) is 0.755. The van der Waals surface area contributed by atoms with Crippen molar-refractivity contribution in [3.05, 3.63) is 50.4 Å². The molecule has 1 aromatic carbocycles. The number of fused-ring (bicyclic) bond motifs is 1. The molecule has 29 heavy (non-hydrogen) atoms. The maximum absolute atomic E-state index is 13.8. The van der Waals surface area contributed by atoms with Crippen molar-refractivity contribution >= 4 is 16.8 Å². The lowest BCUT2D eigenvalue weighted by atomic mass is 9.95. The Morgan fingerprint density at radius 1 is 1.31 bits per heavy atom. The van der Waals surface area contributed by atoms with Gasteiger partial charge in [0.1, 0.15) is 11.7 Å². The van der Waals surface area contributed by atoms with Crippen LogP contribution in [0.25, 0.3) is 10.9 Å². The van der Waals surface area contributed by atoms with E-state index in [1.165, 1.54) is 12.1 Å². The van der Waals surface area contributed by atoms with Crippen LogP contribution in [0, 0.1) is 28.0 Å². The van der Waals surface area contributed by atoms with Crippen LogP contribution in [-0.2, 0) is 11.2 Å². The molecule has 2 fully saturated rings. The van der Waals surface area contributed by atoms with E-state index in [1.807, 2.05) is 0 Å². The van der Waals surface area contributed by atoms with Gasteiger partial charge in [0.2, 0.25) is 18.5 Å². The predicted octanol–water partition coefficient (Wildman–Crippen LogP) is 2.28. The number of nitroso groups, excluding NO2 is 1. The molecule has 1 aliphatic heterocycles. The van der Waals surface area contributed by atoms with Crippen LogP contribution in [0.3, 0.4) is 0 Å². The van der Waals surface area contributed by atoms with Gasteiger partial charge in [-0.25, -0.2) is 4.39 Å². The van der Waals surface area contributed by atoms with Crippen LogP contribution < -0.4 is 10.9 Å². The Balaban J connectivity index is 1.51. The second-order valence-corrected chi connectivity index (χ2v) is 7.95. The van der Waals surface area contributed by atoms with E-state index in [0.29, 0.717) is 29.3 Å². The van der Waals surface area contributed by atoms with E-state index < -0.39 is 0 Å². The minimum atomic E-state index is -0.384. The Kier molecular flexibility index (Phi) is 5.14. The fourth-order valence-electron chi connectivity index (χ4n) is 4.10. The third-order valence-electron chi connectivity index (χ3n) is 5.82. The van der Waals surface area contributed by atoms with Crippen LogP contribution in [0.15, 0.2) is 23.0 Å². The molecule has 1 aromatic heterocycles. The molecule has 7 nitrogen and oxygen atoms in total. The molecular formula is C21H22FN4O3+. The van der Waals surface area contributed by atoms with Gasteiger partial charge in [-0.2, -0.15) is 5.26 Å². The van der Waals surface area contributed by atoms with E-state index in [9.17, 15) is 18.9 Å². The van der Waals surface area contributed by atoms with E-state index in [2.05, 4.69) is 16.4 Å². The van der Waals surface area contributed by atoms with Gasteiger partial charge >= 0.3 is 0 Å². The number of pyridine rings is 1. The Morgan fingerprint density at radius 2 is 2.10 bits per heavy atom. The molecule has 2 unspecified atom stereocenters. The molecule has 2 atom stereocenters. The van der Waals surface area contributed by atoms with Crippen LogP contribution in [0.4, 0.5) is 4.39 Å². The van der Waals surface area contributed by atoms with Gasteiger partial charge in [-0.15, -0.1) is 0 Å². The first kappa shape index (κ1) is 19.2. The second kappa shape index (κ2) is 7.74. The number of halogens is 1. The third-order valence-corrected chi connectivity index (χ3v) is 5.82. The molecule has 0 bridgehead atoms. The number of amides is 1. The number of rotatable bonds is 5. The molecule has 8 heteroatoms. The number of H-pyrrole nitrogens is 1. The average Bonchev–Trinajstić information content (AvgIpc) is 3.53. The van der Waals surface area contributed by atoms with Crippen molar-refractivity contribution in [2.45, 2.75) is 44.1 Å². The van der Waals surface area contributed by atoms with Crippen LogP contribution in [-0.4, -0.2) is 34.8 Å². The average molecular weight is 397 g/mol. The molecule has 2 heterocycles. The van der Waals surface area contributed by atoms with Crippen LogP contribution in [0.1, 0.15) is 42.7 Å². The fraction of sp³-hybridized carbons (Fsp3) is 0.476. The van der Waals surface area contributed by atoms with Crippen molar-refractivity contribution in [3.63, 3.8) is 0 Å². The molecule has 1 amide bonds. The molecule has 1 aliphatic carbocycles. The van der Waals surface area contributed by atoms with Gasteiger partial charge in [0.15, 0.2) is 0 Å². The van der Waals surface area contributed by atoms with Crippen LogP contribution in [0.2, 0.25) is 0 Å². The molecule has 0 radical (unpaired) electrons. The topological polar surface area (TPSA) is 106 Å². The number of aromatic amines is 1. The lowest BCUT2D eigenvalue weighted by Gasteiger charge is -2.18. The minimum absolute atomic E-state index is 0.111. The lowest BCUT2D eigenvalue weighted by molar-refractivity contribution is -0.598. The summed E-state index contributed by atoms with van der Waals surface area (Å²) in [7, 11) is 0. The maximum atomic E-state index is 13.8. The Hall–Kier alpha value is -3.08. The molecule has 2 aromatic rings. The van der Waals surface area contributed by atoms with Gasteiger partial charge in [0.05, 0.1) is 19.0 Å². The second-order valence-electron chi connectivity index (χ2n) is 7.95. The summed E-state index contributed by atoms with van der Waals surface area (Å²) in [6.07, 6.45) is 2.90. The number of aromatic nitrogens is 1. The first-order valence-corrected chi connectivity index (χ1v) is 9.90. The largest absolute Gasteiger partial charge is 0.349 e. The Bertz CT molecular complexity index is 1080. The summed E-state index contributed by atoms with van der Waals surface area (Å²) in [6, 6.07) is 5.99. The summed E-state index contributed by atoms with van der Waals surface area (Å²) in [5, 5.41) is 12.3. The SMILES string of the molecule is N#CC1CCC(CNC(=O)Cc2c(C3CC3)c3cc(F)ccc3[nH]c2=O)[N+](=O)C1. The lowest BCUT2D eigenvalue weighted by Crippen LogP contribution is -2.43. The number of carbonyl (C=O) groups excluding carboxylic acids is 1. The number of hydrogen-bond acceptors (Lipinski definition) is 4. The van der Waals surface area contributed by atoms with Crippen LogP contribution >= 0.6 is 0 Å². The molecular weight excluding hydrogens is 375 g/mol. The number of nitriles is 1. The van der Waals surface area contributed by atoms with Gasteiger partial charge in [-0.05, 0) is 48.9 Å². The van der Waals surface area contributed by atoms with Crippen molar-refractivity contribution in [2.24, 2.45) is 5.92 Å². The highest BCUT2D eigenvalue weighted by Gasteiger charge is 2.35. The summed E-state index contributed by atoms with van der Waals surface area (Å²) >= 11 is 0. The van der Waals surface area contributed by atoms with Crippen LogP contribution in [0.5, 0.6) is 0 Å². The number of hydrogen-bond donors (Lipinski definition) is 2. The molecule has 4 rings (SSSR count). The highest BCUT2D eigenvalue weighted by Crippen LogP contribution is 2.44. The Labute approximate surface area is 166 Å². The summed E-state index contributed by atoms with van der Waals surface area (Å²) in [6.45, 7) is 0.331. The highest BCUT2D eigenvalue weighted by atomic mass is 19.1. The van der Waals surface area contributed by atoms with E-state index >= 15 is 0 Å². The van der Waals surface area contributed by atoms with Crippen molar-refractivity contribution in [1.82, 2.24) is 10.3 Å². The number of nitrogens with one attached hydrogen (secondary N) is 2. The van der Waals surface area contributed by atoms with E-state index in [4.69, 9.17) is 5.26 Å². The van der Waals surface area contributed by atoms with Gasteiger partial charge in [-0.3, -0.25) is 9.59 Å². The van der Waals surface area contributed by atoms with Crippen molar-refractivity contribution < 1.29 is 13.9 Å². The number of piperidine rings is 1. The monoisotopic (exact) mass is 397 g/mol. The number of benzene rings is 1. The van der Waals surface area contributed by atoms with Crippen molar-refractivity contribution in [3.8, 4) is 6.07 Å². The first-order chi connectivity index (χ1) is 14.0. The fourth-order valence-corrected chi connectivity index (χ4v) is 4.10. The van der Waals surface area contributed by atoms with E-state index in [0.717, 1.165) is 23.2 Å². The minimum Gasteiger partial charge on any atom is -0.349 e. The summed E-state index contributed by atoms with van der Waals surface area (Å²) < 4.78 is 14.6. The summed E-state index contributed by atoms with van der Waals surface area (Å²) in [4.78, 5) is 39.9. The van der Waals surface area contributed by atoms with Crippen molar-refractivity contribution in [1.29, 1.82) is 5.26 Å². The number of nitrogens with zero attached hydrogens (tertiary/aromatic N) is 2. The predicted molar refractivity (Wildman–Crippen MR) is 104 cm³/mol. The molecule has 0 spiro atoms. The van der Waals surface area contributed by atoms with Gasteiger partial charge < -0.3 is 10.3 Å². The third kappa shape index (κ3) is 4.04. The molecule has 2 N–H and O–H groups in total.